The van der Waals surface area contributed by atoms with E-state index in [0.717, 1.165) is 6.42 Å². The second kappa shape index (κ2) is 4.50. The molecule has 0 spiro atoms. The van der Waals surface area contributed by atoms with Gasteiger partial charge in [-0.15, -0.1) is 0 Å². The molecule has 0 aliphatic carbocycles. The lowest BCUT2D eigenvalue weighted by Crippen LogP contribution is -2.42. The first-order valence-corrected chi connectivity index (χ1v) is 6.31. The van der Waals surface area contributed by atoms with E-state index < -0.39 is 5.60 Å². The molecule has 1 heterocycles. The van der Waals surface area contributed by atoms with Crippen molar-refractivity contribution in [3.63, 3.8) is 0 Å². The lowest BCUT2D eigenvalue weighted by Gasteiger charge is -2.34. The highest BCUT2D eigenvalue weighted by Gasteiger charge is 2.57. The summed E-state index contributed by atoms with van der Waals surface area (Å²) >= 11 is 0. The van der Waals surface area contributed by atoms with Crippen LogP contribution in [0.5, 0.6) is 0 Å². The Kier molecular flexibility index (Phi) is 3.94. The van der Waals surface area contributed by atoms with Gasteiger partial charge in [0.1, 0.15) is 0 Å². The van der Waals surface area contributed by atoms with E-state index >= 15 is 0 Å². The molecular weight excluding hydrogens is 214 g/mol. The highest BCUT2D eigenvalue weighted by molar-refractivity contribution is 5.07. The third-order valence-electron chi connectivity index (χ3n) is 3.37. The van der Waals surface area contributed by atoms with Crippen molar-refractivity contribution in [3.8, 4) is 0 Å². The normalized spacial score (nSPS) is 30.2. The van der Waals surface area contributed by atoms with Gasteiger partial charge < -0.3 is 5.11 Å². The lowest BCUT2D eigenvalue weighted by molar-refractivity contribution is 0.0187. The second-order valence-electron chi connectivity index (χ2n) is 6.96. The monoisotopic (exact) mass is 243 g/mol. The van der Waals surface area contributed by atoms with Crippen LogP contribution in [0.4, 0.5) is 0 Å². The summed E-state index contributed by atoms with van der Waals surface area (Å²) in [6, 6.07) is 0. The summed E-state index contributed by atoms with van der Waals surface area (Å²) in [4.78, 5) is 6.96. The van der Waals surface area contributed by atoms with Gasteiger partial charge in [-0.3, -0.25) is 14.7 Å². The Morgan fingerprint density at radius 2 is 1.29 bits per heavy atom. The smallest absolute Gasteiger partial charge is 0.0934 e. The Balaban J connectivity index is 2.78. The lowest BCUT2D eigenvalue weighted by atomic mass is 9.89. The van der Waals surface area contributed by atoms with Gasteiger partial charge >= 0.3 is 0 Å². The van der Waals surface area contributed by atoms with Crippen LogP contribution in [0.3, 0.4) is 0 Å². The van der Waals surface area contributed by atoms with E-state index in [2.05, 4.69) is 56.7 Å². The van der Waals surface area contributed by atoms with Crippen LogP contribution >= 0.6 is 0 Å². The summed E-state index contributed by atoms with van der Waals surface area (Å²) < 4.78 is 0. The topological polar surface area (TPSA) is 29.7 Å². The fraction of sp³-hybridized carbons (Fsp3) is 1.00. The summed E-state index contributed by atoms with van der Waals surface area (Å²) in [5.41, 5.74) is -0.623. The van der Waals surface area contributed by atoms with Crippen molar-refractivity contribution in [2.75, 3.05) is 28.2 Å². The van der Waals surface area contributed by atoms with Crippen molar-refractivity contribution in [1.29, 1.82) is 0 Å². The maximum Gasteiger partial charge on any atom is 0.0934 e. The molecule has 2 unspecified atom stereocenters. The Bertz CT molecular complexity index is 254. The van der Waals surface area contributed by atoms with Crippen molar-refractivity contribution >= 4 is 0 Å². The molecule has 1 rings (SSSR count). The molecule has 0 radical (unpaired) electrons. The van der Waals surface area contributed by atoms with E-state index in [-0.39, 0.29) is 5.54 Å². The summed E-state index contributed by atoms with van der Waals surface area (Å²) in [5.74, 6) is 0. The number of nitrogens with zero attached hydrogens (tertiary/aromatic N) is 3. The molecule has 4 heteroatoms. The van der Waals surface area contributed by atoms with E-state index in [1.54, 1.807) is 0 Å². The van der Waals surface area contributed by atoms with Gasteiger partial charge in [-0.05, 0) is 62.3 Å². The van der Waals surface area contributed by atoms with Gasteiger partial charge in [-0.25, -0.2) is 0 Å². The molecule has 0 aromatic heterocycles. The van der Waals surface area contributed by atoms with Crippen LogP contribution in [-0.2, 0) is 0 Å². The quantitative estimate of drug-likeness (QED) is 0.730. The minimum Gasteiger partial charge on any atom is -0.390 e. The van der Waals surface area contributed by atoms with Crippen LogP contribution in [0.15, 0.2) is 0 Å². The molecule has 1 aliphatic heterocycles. The maximum atomic E-state index is 10.0. The molecular formula is C13H29N3O. The van der Waals surface area contributed by atoms with Gasteiger partial charge in [-0.1, -0.05) is 0 Å². The summed E-state index contributed by atoms with van der Waals surface area (Å²) in [7, 11) is 8.45. The van der Waals surface area contributed by atoms with Gasteiger partial charge in [0.05, 0.1) is 17.9 Å². The van der Waals surface area contributed by atoms with Gasteiger partial charge in [0.2, 0.25) is 0 Å². The minimum absolute atomic E-state index is 0.00211. The Morgan fingerprint density at radius 3 is 1.53 bits per heavy atom. The van der Waals surface area contributed by atoms with Crippen LogP contribution in [0.1, 0.15) is 34.1 Å². The molecule has 1 saturated heterocycles. The largest absolute Gasteiger partial charge is 0.390 e. The predicted octanol–water partition coefficient (Wildman–Crippen LogP) is 1.02. The number of aliphatic hydroxyl groups is 1. The van der Waals surface area contributed by atoms with Crippen LogP contribution in [0, 0.1) is 0 Å². The first-order valence-electron chi connectivity index (χ1n) is 6.31. The molecule has 0 aromatic carbocycles. The molecule has 2 atom stereocenters. The van der Waals surface area contributed by atoms with Gasteiger partial charge in [-0.2, -0.15) is 0 Å². The first-order chi connectivity index (χ1) is 7.47. The SMILES string of the molecule is CN(C)C1C(N(C)C)N1C(C)(C)CC(C)(C)O. The van der Waals surface area contributed by atoms with Gasteiger partial charge in [0.25, 0.3) is 0 Å². The molecule has 0 saturated carbocycles. The summed E-state index contributed by atoms with van der Waals surface area (Å²) in [5, 5.41) is 10.0. The standard InChI is InChI=1S/C13H29N3O/c1-12(2,9-13(3,4)17)16-10(14(5)6)11(16)15(7)8/h10-11,17H,9H2,1-8H3. The van der Waals surface area contributed by atoms with E-state index in [1.165, 1.54) is 0 Å². The van der Waals surface area contributed by atoms with Crippen molar-refractivity contribution < 1.29 is 5.11 Å². The highest BCUT2D eigenvalue weighted by atomic mass is 16.3. The van der Waals surface area contributed by atoms with E-state index in [1.807, 2.05) is 13.8 Å². The number of likely N-dealkylation sites (N-methyl/N-ethyl adjacent to an activating group) is 2. The van der Waals surface area contributed by atoms with Crippen molar-refractivity contribution in [3.05, 3.63) is 0 Å². The Labute approximate surface area is 106 Å². The number of hydrogen-bond donors (Lipinski definition) is 1. The number of hydrogen-bond acceptors (Lipinski definition) is 4. The third-order valence-corrected chi connectivity index (χ3v) is 3.37. The molecule has 1 aliphatic rings. The van der Waals surface area contributed by atoms with E-state index in [9.17, 15) is 5.11 Å². The van der Waals surface area contributed by atoms with Gasteiger partial charge in [0, 0.05) is 5.54 Å². The molecule has 4 nitrogen and oxygen atoms in total. The maximum absolute atomic E-state index is 10.0. The zero-order valence-electron chi connectivity index (χ0n) is 12.7. The average Bonchev–Trinajstić information content (AvgIpc) is 2.71. The number of rotatable bonds is 5. The average molecular weight is 243 g/mol. The molecule has 0 bridgehead atoms. The van der Waals surface area contributed by atoms with Crippen LogP contribution in [0.25, 0.3) is 0 Å². The molecule has 1 N–H and O–H groups in total. The molecule has 0 amide bonds. The zero-order chi connectivity index (χ0) is 13.6. The van der Waals surface area contributed by atoms with Crippen molar-refractivity contribution in [2.45, 2.75) is 57.6 Å². The zero-order valence-corrected chi connectivity index (χ0v) is 12.7. The Morgan fingerprint density at radius 1 is 0.941 bits per heavy atom. The van der Waals surface area contributed by atoms with Crippen LogP contribution in [0.2, 0.25) is 0 Å². The molecule has 102 valence electrons. The van der Waals surface area contributed by atoms with Crippen molar-refractivity contribution in [2.24, 2.45) is 0 Å². The fourth-order valence-electron chi connectivity index (χ4n) is 3.10. The van der Waals surface area contributed by atoms with E-state index in [4.69, 9.17) is 0 Å². The Hall–Kier alpha value is -0.160. The summed E-state index contributed by atoms with van der Waals surface area (Å²) in [6.07, 6.45) is 1.67. The van der Waals surface area contributed by atoms with Gasteiger partial charge in [0.15, 0.2) is 0 Å². The second-order valence-corrected chi connectivity index (χ2v) is 6.96. The van der Waals surface area contributed by atoms with Crippen molar-refractivity contribution in [1.82, 2.24) is 14.7 Å². The molecule has 0 aromatic rings. The fourth-order valence-corrected chi connectivity index (χ4v) is 3.10. The molecule has 1 fully saturated rings. The van der Waals surface area contributed by atoms with Crippen LogP contribution in [-0.4, -0.2) is 71.5 Å². The highest BCUT2D eigenvalue weighted by Crippen LogP contribution is 2.42. The minimum atomic E-state index is -0.625. The van der Waals surface area contributed by atoms with Crippen LogP contribution < -0.4 is 0 Å². The first kappa shape index (κ1) is 14.9. The summed E-state index contributed by atoms with van der Waals surface area (Å²) in [6.45, 7) is 8.19. The van der Waals surface area contributed by atoms with E-state index in [0.29, 0.717) is 12.3 Å². The predicted molar refractivity (Wildman–Crippen MR) is 71.8 cm³/mol. The molecule has 17 heavy (non-hydrogen) atoms. The third kappa shape index (κ3) is 3.41.